The maximum Gasteiger partial charge on any atom is 0.311 e. The van der Waals surface area contributed by atoms with Crippen molar-refractivity contribution in [2.24, 2.45) is 11.1 Å². The number of benzene rings is 1. The number of oxime groups is 1. The maximum atomic E-state index is 14.2. The van der Waals surface area contributed by atoms with Crippen molar-refractivity contribution in [3.05, 3.63) is 63.1 Å². The minimum atomic E-state index is -0.969. The van der Waals surface area contributed by atoms with Gasteiger partial charge in [-0.1, -0.05) is 25.1 Å². The van der Waals surface area contributed by atoms with E-state index in [1.54, 1.807) is 18.7 Å². The van der Waals surface area contributed by atoms with E-state index in [0.29, 0.717) is 24.8 Å². The van der Waals surface area contributed by atoms with Gasteiger partial charge >= 0.3 is 5.97 Å². The zero-order valence-corrected chi connectivity index (χ0v) is 23.7. The largest absolute Gasteiger partial charge is 0.482 e. The Morgan fingerprint density at radius 3 is 2.69 bits per heavy atom. The first-order valence-electron chi connectivity index (χ1n) is 13.8. The van der Waals surface area contributed by atoms with E-state index in [1.807, 2.05) is 6.92 Å². The molecule has 1 saturated heterocycles. The molecule has 1 aromatic heterocycles. The summed E-state index contributed by atoms with van der Waals surface area (Å²) in [4.78, 5) is 61.4. The van der Waals surface area contributed by atoms with Crippen LogP contribution in [-0.4, -0.2) is 58.4 Å². The molecule has 2 aromatic rings. The van der Waals surface area contributed by atoms with Crippen molar-refractivity contribution in [1.29, 1.82) is 0 Å². The minimum Gasteiger partial charge on any atom is -0.482 e. The lowest BCUT2D eigenvalue weighted by Crippen LogP contribution is -2.52. The minimum absolute atomic E-state index is 0.00229. The number of amides is 2. The molecule has 3 aliphatic heterocycles. The number of hydrogen-bond acceptors (Lipinski definition) is 8. The zero-order chi connectivity index (χ0) is 30.3. The predicted octanol–water partition coefficient (Wildman–Crippen LogP) is 3.31. The number of nitrogens with one attached hydrogen (secondary N) is 1. The maximum absolute atomic E-state index is 14.2. The molecule has 0 unspecified atom stereocenters. The van der Waals surface area contributed by atoms with Crippen LogP contribution in [0.3, 0.4) is 0 Å². The van der Waals surface area contributed by atoms with Crippen LogP contribution in [0, 0.1) is 17.6 Å². The van der Waals surface area contributed by atoms with Crippen molar-refractivity contribution >= 4 is 23.7 Å². The molecule has 1 aromatic carbocycles. The summed E-state index contributed by atoms with van der Waals surface area (Å²) in [5.41, 5.74) is -2.53. The van der Waals surface area contributed by atoms with Gasteiger partial charge in [-0.25, -0.2) is 8.78 Å². The Hall–Kier alpha value is -4.29. The van der Waals surface area contributed by atoms with Gasteiger partial charge in [-0.15, -0.1) is 0 Å². The third-order valence-electron chi connectivity index (χ3n) is 7.99. The monoisotopic (exact) mass is 586 g/mol. The number of carbonyl (C=O) groups is 3. The van der Waals surface area contributed by atoms with Crippen LogP contribution in [0.25, 0.3) is 0 Å². The topological polar surface area (TPSA) is 129 Å². The molecule has 0 radical (unpaired) electrons. The fourth-order valence-corrected chi connectivity index (χ4v) is 5.70. The normalized spacial score (nSPS) is 22.8. The van der Waals surface area contributed by atoms with E-state index in [0.717, 1.165) is 6.07 Å². The van der Waals surface area contributed by atoms with E-state index >= 15 is 0 Å². The number of carbonyl (C=O) groups excluding carboxylic acids is 3. The van der Waals surface area contributed by atoms with Crippen molar-refractivity contribution in [2.75, 3.05) is 13.7 Å². The molecule has 11 nitrogen and oxygen atoms in total. The number of pyridine rings is 1. The molecule has 0 saturated carbocycles. The number of fused-ring (bicyclic) bond motifs is 5. The number of rotatable bonds is 6. The summed E-state index contributed by atoms with van der Waals surface area (Å²) in [5, 5.41) is 6.56. The standard InChI is InChI=1S/C29H32F2N4O7/c1-15(2)9-23(36)41-26-24-28(39)34-14-21(29(8-7-16(34)3)11-22(40-4)33-42-29)35(24)13-19(25(26)37)27(38)32-12-17-5-6-18(30)10-20(17)31/h5-6,10,13,15-16,21H,7-9,11-12,14H2,1-4H3,(H,32,38)/t16-,21+,29-/m0/s1. The van der Waals surface area contributed by atoms with Gasteiger partial charge in [-0.3, -0.25) is 19.2 Å². The molecule has 13 heteroatoms. The average molecular weight is 587 g/mol. The van der Waals surface area contributed by atoms with Crippen LogP contribution in [-0.2, 0) is 20.9 Å². The van der Waals surface area contributed by atoms with Gasteiger partial charge in [0.15, 0.2) is 11.3 Å². The highest BCUT2D eigenvalue weighted by Gasteiger charge is 2.55. The van der Waals surface area contributed by atoms with Gasteiger partial charge in [0.25, 0.3) is 11.8 Å². The molecule has 224 valence electrons. The second kappa shape index (κ2) is 11.2. The van der Waals surface area contributed by atoms with E-state index in [4.69, 9.17) is 14.3 Å². The highest BCUT2D eigenvalue weighted by atomic mass is 19.1. The number of aromatic nitrogens is 1. The second-order valence-electron chi connectivity index (χ2n) is 11.3. The molecule has 1 N–H and O–H groups in total. The summed E-state index contributed by atoms with van der Waals surface area (Å²) in [5.74, 6) is -4.10. The Balaban J connectivity index is 1.62. The first-order chi connectivity index (χ1) is 19.9. The first kappa shape index (κ1) is 29.2. The fourth-order valence-electron chi connectivity index (χ4n) is 5.70. The Kier molecular flexibility index (Phi) is 7.78. The van der Waals surface area contributed by atoms with E-state index in [2.05, 4.69) is 10.5 Å². The molecular weight excluding hydrogens is 554 g/mol. The molecule has 4 heterocycles. The highest BCUT2D eigenvalue weighted by Crippen LogP contribution is 2.46. The van der Waals surface area contributed by atoms with Crippen LogP contribution in [0.2, 0.25) is 0 Å². The van der Waals surface area contributed by atoms with Crippen LogP contribution in [0.5, 0.6) is 5.75 Å². The molecule has 3 aliphatic rings. The Morgan fingerprint density at radius 2 is 2.02 bits per heavy atom. The van der Waals surface area contributed by atoms with Crippen molar-refractivity contribution in [1.82, 2.24) is 14.8 Å². The molecule has 1 spiro atoms. The number of esters is 1. The summed E-state index contributed by atoms with van der Waals surface area (Å²) >= 11 is 0. The molecule has 2 bridgehead atoms. The molecule has 3 atom stereocenters. The van der Waals surface area contributed by atoms with Crippen LogP contribution < -0.4 is 15.5 Å². The van der Waals surface area contributed by atoms with Crippen molar-refractivity contribution in [3.63, 3.8) is 0 Å². The van der Waals surface area contributed by atoms with Gasteiger partial charge in [-0.05, 0) is 31.7 Å². The van der Waals surface area contributed by atoms with E-state index < -0.39 is 57.8 Å². The average Bonchev–Trinajstić information content (AvgIpc) is 3.31. The lowest BCUT2D eigenvalue weighted by molar-refractivity contribution is -0.135. The van der Waals surface area contributed by atoms with Crippen LogP contribution in [0.1, 0.15) is 78.9 Å². The molecule has 5 rings (SSSR count). The summed E-state index contributed by atoms with van der Waals surface area (Å²) < 4.78 is 39.9. The zero-order valence-electron chi connectivity index (χ0n) is 23.7. The van der Waals surface area contributed by atoms with Gasteiger partial charge in [-0.2, -0.15) is 0 Å². The first-order valence-corrected chi connectivity index (χ1v) is 13.8. The Bertz CT molecular complexity index is 1540. The second-order valence-corrected chi connectivity index (χ2v) is 11.3. The Morgan fingerprint density at radius 1 is 1.26 bits per heavy atom. The fraction of sp³-hybridized carbons (Fsp3) is 0.483. The third-order valence-corrected chi connectivity index (χ3v) is 7.99. The molecule has 1 fully saturated rings. The van der Waals surface area contributed by atoms with Gasteiger partial charge in [0.2, 0.25) is 17.1 Å². The number of ether oxygens (including phenoxy) is 2. The Labute approximate surface area is 240 Å². The molecular formula is C29H32F2N4O7. The number of nitrogens with zero attached hydrogens (tertiary/aromatic N) is 3. The predicted molar refractivity (Wildman–Crippen MR) is 145 cm³/mol. The van der Waals surface area contributed by atoms with Crippen molar-refractivity contribution in [3.8, 4) is 5.75 Å². The van der Waals surface area contributed by atoms with Crippen LogP contribution in [0.15, 0.2) is 34.3 Å². The number of methoxy groups -OCH3 is 1. The van der Waals surface area contributed by atoms with Crippen molar-refractivity contribution < 1.29 is 37.5 Å². The number of halogens is 2. The summed E-state index contributed by atoms with van der Waals surface area (Å²) in [7, 11) is 1.47. The van der Waals surface area contributed by atoms with E-state index in [1.165, 1.54) is 23.9 Å². The molecule has 42 heavy (non-hydrogen) atoms. The van der Waals surface area contributed by atoms with Crippen molar-refractivity contribution in [2.45, 2.75) is 70.7 Å². The van der Waals surface area contributed by atoms with Gasteiger partial charge in [0.1, 0.15) is 17.2 Å². The summed E-state index contributed by atoms with van der Waals surface area (Å²) in [6.07, 6.45) is 2.54. The molecule has 0 aliphatic carbocycles. The van der Waals surface area contributed by atoms with E-state index in [-0.39, 0.29) is 49.1 Å². The smallest absolute Gasteiger partial charge is 0.311 e. The molecule has 2 amide bonds. The summed E-state index contributed by atoms with van der Waals surface area (Å²) in [6, 6.07) is 2.05. The number of hydrogen-bond donors (Lipinski definition) is 1. The van der Waals surface area contributed by atoms with Crippen LogP contribution >= 0.6 is 0 Å². The lowest BCUT2D eigenvalue weighted by Gasteiger charge is -2.41. The highest BCUT2D eigenvalue weighted by molar-refractivity contribution is 6.00. The van der Waals surface area contributed by atoms with Gasteiger partial charge in [0, 0.05) is 43.4 Å². The quantitative estimate of drug-likeness (QED) is 0.515. The lowest BCUT2D eigenvalue weighted by atomic mass is 9.85. The van der Waals surface area contributed by atoms with Crippen LogP contribution in [0.4, 0.5) is 8.78 Å². The third kappa shape index (κ3) is 5.23. The summed E-state index contributed by atoms with van der Waals surface area (Å²) in [6.45, 7) is 5.31. The SMILES string of the molecule is COC1=NO[C@@]2(CC[C@H](C)N3C[C@H]2n2cc(C(=O)NCc4ccc(F)cc4F)c(=O)c(OC(=O)CC(C)C)c2C3=O)C1. The van der Waals surface area contributed by atoms with E-state index in [9.17, 15) is 28.0 Å². The van der Waals surface area contributed by atoms with Gasteiger partial charge < -0.3 is 29.1 Å². The van der Waals surface area contributed by atoms with Gasteiger partial charge in [0.05, 0.1) is 19.6 Å².